The molecule has 0 aromatic carbocycles. The summed E-state index contributed by atoms with van der Waals surface area (Å²) in [6.07, 6.45) is 1.28. The Morgan fingerprint density at radius 1 is 1.12 bits per heavy atom. The van der Waals surface area contributed by atoms with Crippen molar-refractivity contribution in [2.75, 3.05) is 26.4 Å². The van der Waals surface area contributed by atoms with E-state index in [0.717, 1.165) is 6.42 Å². The van der Waals surface area contributed by atoms with Crippen LogP contribution in [0.1, 0.15) is 41.0 Å². The minimum atomic E-state index is -0.445. The largest absolute Gasteiger partial charge is 0.463 e. The zero-order chi connectivity index (χ0) is 13.3. The van der Waals surface area contributed by atoms with Crippen molar-refractivity contribution in [1.82, 2.24) is 0 Å². The fraction of sp³-hybridized carbons (Fsp3) is 0.923. The number of rotatable bonds is 8. The Bertz CT molecular complexity index is 208. The van der Waals surface area contributed by atoms with E-state index in [9.17, 15) is 4.79 Å². The molecule has 0 aromatic rings. The second kappa shape index (κ2) is 8.48. The molecule has 0 aliphatic heterocycles. The minimum absolute atomic E-state index is 0.197. The molecule has 0 saturated carbocycles. The Labute approximate surface area is 105 Å². The molecule has 0 rings (SSSR count). The zero-order valence-corrected chi connectivity index (χ0v) is 11.7. The lowest BCUT2D eigenvalue weighted by Crippen LogP contribution is -2.24. The molecule has 4 heteroatoms. The van der Waals surface area contributed by atoms with Crippen LogP contribution in [0.15, 0.2) is 0 Å². The third kappa shape index (κ3) is 9.12. The third-order valence-corrected chi connectivity index (χ3v) is 2.28. The number of hydrogen-bond donors (Lipinski definition) is 0. The molecule has 1 unspecified atom stereocenters. The Kier molecular flexibility index (Phi) is 8.17. The first-order chi connectivity index (χ1) is 7.88. The van der Waals surface area contributed by atoms with E-state index in [0.29, 0.717) is 26.4 Å². The van der Waals surface area contributed by atoms with Crippen LogP contribution in [0.25, 0.3) is 0 Å². The summed E-state index contributed by atoms with van der Waals surface area (Å²) in [5.74, 6) is -0.197. The maximum absolute atomic E-state index is 11.4. The molecule has 17 heavy (non-hydrogen) atoms. The van der Waals surface area contributed by atoms with Gasteiger partial charge >= 0.3 is 5.97 Å². The van der Waals surface area contributed by atoms with Gasteiger partial charge in [0.1, 0.15) is 6.61 Å². The summed E-state index contributed by atoms with van der Waals surface area (Å²) >= 11 is 0. The fourth-order valence-electron chi connectivity index (χ4n) is 0.938. The standard InChI is InChI=1S/C13H26O4/c1-6-11(2)16-9-7-15-8-10-17-12(14)13(3,4)5/h11H,6-10H2,1-5H3. The molecule has 4 nitrogen and oxygen atoms in total. The van der Waals surface area contributed by atoms with Gasteiger partial charge in [-0.15, -0.1) is 0 Å². The molecule has 0 fully saturated rings. The van der Waals surface area contributed by atoms with Crippen LogP contribution in [0.5, 0.6) is 0 Å². The Hall–Kier alpha value is -0.610. The first-order valence-corrected chi connectivity index (χ1v) is 6.24. The van der Waals surface area contributed by atoms with Crippen LogP contribution < -0.4 is 0 Å². The second-order valence-corrected chi connectivity index (χ2v) is 5.09. The first kappa shape index (κ1) is 16.4. The molecule has 0 heterocycles. The molecule has 0 bridgehead atoms. The molecule has 0 spiro atoms. The quantitative estimate of drug-likeness (QED) is 0.487. The average molecular weight is 246 g/mol. The molecule has 0 aliphatic rings. The van der Waals surface area contributed by atoms with E-state index in [4.69, 9.17) is 14.2 Å². The topological polar surface area (TPSA) is 44.8 Å². The van der Waals surface area contributed by atoms with E-state index in [1.54, 1.807) is 0 Å². The highest BCUT2D eigenvalue weighted by molar-refractivity contribution is 5.75. The van der Waals surface area contributed by atoms with Gasteiger partial charge in [0.2, 0.25) is 0 Å². The molecule has 0 saturated heterocycles. The van der Waals surface area contributed by atoms with E-state index in [-0.39, 0.29) is 12.1 Å². The molecule has 0 N–H and O–H groups in total. The van der Waals surface area contributed by atoms with E-state index < -0.39 is 5.41 Å². The molecule has 0 radical (unpaired) electrons. The number of carbonyl (C=O) groups is 1. The van der Waals surface area contributed by atoms with Crippen molar-refractivity contribution in [2.45, 2.75) is 47.1 Å². The number of esters is 1. The van der Waals surface area contributed by atoms with Crippen molar-refractivity contribution >= 4 is 5.97 Å². The molecule has 0 aliphatic carbocycles. The van der Waals surface area contributed by atoms with Gasteiger partial charge in [0.15, 0.2) is 0 Å². The highest BCUT2D eigenvalue weighted by atomic mass is 16.6. The molecule has 102 valence electrons. The molecule has 0 amide bonds. The summed E-state index contributed by atoms with van der Waals surface area (Å²) in [6, 6.07) is 0. The predicted molar refractivity (Wildman–Crippen MR) is 66.9 cm³/mol. The van der Waals surface area contributed by atoms with Crippen LogP contribution in [0.4, 0.5) is 0 Å². The summed E-state index contributed by atoms with van der Waals surface area (Å²) < 4.78 is 15.8. The molecule has 0 aromatic heterocycles. The normalized spacial score (nSPS) is 13.5. The third-order valence-electron chi connectivity index (χ3n) is 2.28. The molecular formula is C13H26O4. The smallest absolute Gasteiger partial charge is 0.311 e. The van der Waals surface area contributed by atoms with Crippen LogP contribution in [-0.4, -0.2) is 38.5 Å². The first-order valence-electron chi connectivity index (χ1n) is 6.24. The zero-order valence-electron chi connectivity index (χ0n) is 11.7. The van der Waals surface area contributed by atoms with Crippen LogP contribution in [0.3, 0.4) is 0 Å². The lowest BCUT2D eigenvalue weighted by atomic mass is 9.97. The lowest BCUT2D eigenvalue weighted by Gasteiger charge is -2.16. The van der Waals surface area contributed by atoms with Crippen LogP contribution in [0.2, 0.25) is 0 Å². The van der Waals surface area contributed by atoms with E-state index in [1.165, 1.54) is 0 Å². The van der Waals surface area contributed by atoms with Crippen molar-refractivity contribution in [2.24, 2.45) is 5.41 Å². The van der Waals surface area contributed by atoms with E-state index >= 15 is 0 Å². The van der Waals surface area contributed by atoms with Gasteiger partial charge in [-0.05, 0) is 34.1 Å². The summed E-state index contributed by atoms with van der Waals surface area (Å²) in [6.45, 7) is 11.5. The summed E-state index contributed by atoms with van der Waals surface area (Å²) in [7, 11) is 0. The average Bonchev–Trinajstić information content (AvgIpc) is 2.25. The van der Waals surface area contributed by atoms with Gasteiger partial charge in [0.25, 0.3) is 0 Å². The van der Waals surface area contributed by atoms with Gasteiger partial charge in [-0.3, -0.25) is 4.79 Å². The number of hydrogen-bond acceptors (Lipinski definition) is 4. The SMILES string of the molecule is CCC(C)OCCOCCOC(=O)C(C)(C)C. The second-order valence-electron chi connectivity index (χ2n) is 5.09. The maximum Gasteiger partial charge on any atom is 0.311 e. The van der Waals surface area contributed by atoms with Gasteiger partial charge in [-0.1, -0.05) is 6.92 Å². The van der Waals surface area contributed by atoms with Crippen LogP contribution >= 0.6 is 0 Å². The van der Waals surface area contributed by atoms with Crippen molar-refractivity contribution in [3.8, 4) is 0 Å². The summed E-state index contributed by atoms with van der Waals surface area (Å²) in [4.78, 5) is 11.4. The van der Waals surface area contributed by atoms with E-state index in [1.807, 2.05) is 27.7 Å². The van der Waals surface area contributed by atoms with Gasteiger partial charge in [0.05, 0.1) is 31.3 Å². The maximum atomic E-state index is 11.4. The highest BCUT2D eigenvalue weighted by Crippen LogP contribution is 2.14. The number of ether oxygens (including phenoxy) is 3. The predicted octanol–water partition coefficient (Wildman–Crippen LogP) is 2.41. The Morgan fingerprint density at radius 3 is 2.24 bits per heavy atom. The lowest BCUT2D eigenvalue weighted by molar-refractivity contribution is -0.154. The van der Waals surface area contributed by atoms with Gasteiger partial charge in [0, 0.05) is 0 Å². The van der Waals surface area contributed by atoms with Crippen molar-refractivity contribution < 1.29 is 19.0 Å². The minimum Gasteiger partial charge on any atom is -0.463 e. The fourth-order valence-corrected chi connectivity index (χ4v) is 0.938. The monoisotopic (exact) mass is 246 g/mol. The van der Waals surface area contributed by atoms with Crippen molar-refractivity contribution in [3.05, 3.63) is 0 Å². The van der Waals surface area contributed by atoms with Crippen LogP contribution in [0, 0.1) is 5.41 Å². The summed E-state index contributed by atoms with van der Waals surface area (Å²) in [5, 5.41) is 0. The van der Waals surface area contributed by atoms with Crippen molar-refractivity contribution in [1.29, 1.82) is 0 Å². The number of carbonyl (C=O) groups excluding carboxylic acids is 1. The van der Waals surface area contributed by atoms with Gasteiger partial charge in [-0.25, -0.2) is 0 Å². The molecule has 1 atom stereocenters. The Balaban J connectivity index is 3.33. The molecular weight excluding hydrogens is 220 g/mol. The summed E-state index contributed by atoms with van der Waals surface area (Å²) in [5.41, 5.74) is -0.445. The van der Waals surface area contributed by atoms with Gasteiger partial charge in [-0.2, -0.15) is 0 Å². The Morgan fingerprint density at radius 2 is 1.71 bits per heavy atom. The van der Waals surface area contributed by atoms with Crippen molar-refractivity contribution in [3.63, 3.8) is 0 Å². The van der Waals surface area contributed by atoms with E-state index in [2.05, 4.69) is 6.92 Å². The highest BCUT2D eigenvalue weighted by Gasteiger charge is 2.22. The van der Waals surface area contributed by atoms with Crippen LogP contribution in [-0.2, 0) is 19.0 Å². The van der Waals surface area contributed by atoms with Gasteiger partial charge < -0.3 is 14.2 Å².